The second kappa shape index (κ2) is 10.2. The third-order valence-corrected chi connectivity index (χ3v) is 7.76. The molecule has 0 spiro atoms. The minimum Gasteiger partial charge on any atom is -0.480 e. The number of alkyl halides is 1. The van der Waals surface area contributed by atoms with Crippen molar-refractivity contribution >= 4 is 31.3 Å². The number of nitrogens with one attached hydrogen (secondary N) is 1. The quantitative estimate of drug-likeness (QED) is 0.365. The van der Waals surface area contributed by atoms with Crippen LogP contribution in [0.3, 0.4) is 0 Å². The smallest absolute Gasteiger partial charge is 0.459 e. The van der Waals surface area contributed by atoms with Gasteiger partial charge in [-0.1, -0.05) is 0 Å². The number of carbonyl (C=O) groups is 1. The highest BCUT2D eigenvalue weighted by molar-refractivity contribution is 8.00. The standard InChI is InChI=1S/C18H21F2N4O7PS/c1-9(17(26)27)23-32(29,31-11-4-2-10(19)3-5-11)30-8-12-15(25)14(20)16(33-12)24-7-6-13(21)22-18(24)28/h2-7,9,12,14-16,25H,8H2,1H3,(H,23,29)(H,26,27)(H2,21,22,28)/t9?,12-,14+,15-,16-,32?/m1/s1. The third-order valence-electron chi connectivity index (χ3n) is 4.59. The molecule has 15 heteroatoms. The van der Waals surface area contributed by atoms with E-state index in [0.717, 1.165) is 40.6 Å². The molecule has 1 aliphatic heterocycles. The normalized spacial score (nSPS) is 25.3. The first-order chi connectivity index (χ1) is 15.5. The molecule has 33 heavy (non-hydrogen) atoms. The minimum absolute atomic E-state index is 0.0485. The summed E-state index contributed by atoms with van der Waals surface area (Å²) in [5.41, 5.74) is 4.62. The predicted molar refractivity (Wildman–Crippen MR) is 115 cm³/mol. The van der Waals surface area contributed by atoms with E-state index in [4.69, 9.17) is 19.9 Å². The Morgan fingerprint density at radius 2 is 2.06 bits per heavy atom. The zero-order valence-corrected chi connectivity index (χ0v) is 18.8. The summed E-state index contributed by atoms with van der Waals surface area (Å²) in [6, 6.07) is 4.32. The third kappa shape index (κ3) is 6.09. The van der Waals surface area contributed by atoms with Crippen molar-refractivity contribution in [3.63, 3.8) is 0 Å². The Morgan fingerprint density at radius 3 is 2.67 bits per heavy atom. The van der Waals surface area contributed by atoms with Crippen LogP contribution in [0.1, 0.15) is 12.3 Å². The van der Waals surface area contributed by atoms with Gasteiger partial charge in [0, 0.05) is 6.20 Å². The van der Waals surface area contributed by atoms with E-state index in [0.29, 0.717) is 0 Å². The molecule has 180 valence electrons. The molecule has 0 bridgehead atoms. The molecule has 1 aromatic carbocycles. The fourth-order valence-electron chi connectivity index (χ4n) is 2.87. The number of carboxylic acid groups (broad SMARTS) is 1. The van der Waals surface area contributed by atoms with Crippen molar-refractivity contribution in [2.24, 2.45) is 0 Å². The number of nitrogens with zero attached hydrogens (tertiary/aromatic N) is 2. The highest BCUT2D eigenvalue weighted by Crippen LogP contribution is 2.48. The number of nitrogen functional groups attached to an aromatic ring is 1. The molecule has 1 fully saturated rings. The fraction of sp³-hybridized carbons (Fsp3) is 0.389. The fourth-order valence-corrected chi connectivity index (χ4v) is 5.91. The summed E-state index contributed by atoms with van der Waals surface area (Å²) in [6.07, 6.45) is -2.26. The van der Waals surface area contributed by atoms with E-state index in [2.05, 4.69) is 10.1 Å². The molecular weight excluding hydrogens is 485 g/mol. The molecule has 1 saturated heterocycles. The average Bonchev–Trinajstić information content (AvgIpc) is 3.02. The first kappa shape index (κ1) is 25.1. The van der Waals surface area contributed by atoms with Gasteiger partial charge in [0.2, 0.25) is 0 Å². The Labute approximate surface area is 190 Å². The van der Waals surface area contributed by atoms with Crippen LogP contribution in [-0.2, 0) is 13.9 Å². The second-order valence-corrected chi connectivity index (χ2v) is 10.1. The number of benzene rings is 1. The number of aliphatic hydroxyl groups is 1. The van der Waals surface area contributed by atoms with Crippen LogP contribution in [0.2, 0.25) is 0 Å². The lowest BCUT2D eigenvalue weighted by Gasteiger charge is -2.23. The molecule has 0 radical (unpaired) electrons. The minimum atomic E-state index is -4.37. The highest BCUT2D eigenvalue weighted by Gasteiger charge is 2.46. The van der Waals surface area contributed by atoms with E-state index in [1.807, 2.05) is 0 Å². The second-order valence-electron chi connectivity index (χ2n) is 7.07. The van der Waals surface area contributed by atoms with Gasteiger partial charge in [-0.15, -0.1) is 11.8 Å². The summed E-state index contributed by atoms with van der Waals surface area (Å²) < 4.78 is 52.6. The predicted octanol–water partition coefficient (Wildman–Crippen LogP) is 1.54. The van der Waals surface area contributed by atoms with Gasteiger partial charge < -0.3 is 20.5 Å². The molecule has 0 amide bonds. The van der Waals surface area contributed by atoms with Crippen molar-refractivity contribution in [3.8, 4) is 5.75 Å². The van der Waals surface area contributed by atoms with Crippen LogP contribution in [0.15, 0.2) is 41.3 Å². The van der Waals surface area contributed by atoms with Gasteiger partial charge >= 0.3 is 19.4 Å². The van der Waals surface area contributed by atoms with E-state index in [1.165, 1.54) is 19.2 Å². The molecule has 0 saturated carbocycles. The summed E-state index contributed by atoms with van der Waals surface area (Å²) in [4.78, 5) is 26.8. The summed E-state index contributed by atoms with van der Waals surface area (Å²) >= 11 is 0.836. The topological polar surface area (TPSA) is 166 Å². The molecular formula is C18H21F2N4O7PS. The first-order valence-electron chi connectivity index (χ1n) is 9.52. The van der Waals surface area contributed by atoms with E-state index in [-0.39, 0.29) is 11.6 Å². The number of aromatic nitrogens is 2. The lowest BCUT2D eigenvalue weighted by molar-refractivity contribution is -0.138. The van der Waals surface area contributed by atoms with Gasteiger partial charge in [0.15, 0.2) is 6.17 Å². The Hall–Kier alpha value is -2.51. The zero-order valence-electron chi connectivity index (χ0n) is 17.1. The van der Waals surface area contributed by atoms with Crippen LogP contribution in [0.5, 0.6) is 5.75 Å². The van der Waals surface area contributed by atoms with E-state index >= 15 is 0 Å². The molecule has 11 nitrogen and oxygen atoms in total. The van der Waals surface area contributed by atoms with E-state index < -0.39 is 60.8 Å². The number of nitrogens with two attached hydrogens (primary N) is 1. The Bertz CT molecular complexity index is 1110. The summed E-state index contributed by atoms with van der Waals surface area (Å²) in [7, 11) is -4.37. The molecule has 1 aromatic heterocycles. The first-order valence-corrected chi connectivity index (χ1v) is 12.0. The number of carboxylic acids is 1. The van der Waals surface area contributed by atoms with Crippen LogP contribution < -0.4 is 21.0 Å². The maximum absolute atomic E-state index is 14.7. The van der Waals surface area contributed by atoms with Gasteiger partial charge in [-0.05, 0) is 37.3 Å². The van der Waals surface area contributed by atoms with Crippen LogP contribution in [0, 0.1) is 5.82 Å². The van der Waals surface area contributed by atoms with Crippen molar-refractivity contribution in [1.29, 1.82) is 0 Å². The molecule has 2 aromatic rings. The number of aliphatic carboxylic acids is 1. The maximum Gasteiger partial charge on any atom is 0.459 e. The van der Waals surface area contributed by atoms with Gasteiger partial charge in [-0.3, -0.25) is 13.9 Å². The Balaban J connectivity index is 1.76. The number of aliphatic hydroxyl groups excluding tert-OH is 1. The SMILES string of the molecule is CC(NP(=O)(OC[C@H]1S[C@@H](n2ccc(N)nc2=O)[C@@H](F)[C@@H]1O)Oc1ccc(F)cc1)C(=O)O. The van der Waals surface area contributed by atoms with Gasteiger partial charge in [0.1, 0.15) is 34.9 Å². The van der Waals surface area contributed by atoms with Gasteiger partial charge in [-0.2, -0.15) is 10.1 Å². The molecule has 3 rings (SSSR count). The average molecular weight is 506 g/mol. The summed E-state index contributed by atoms with van der Waals surface area (Å²) in [6.45, 7) is 0.664. The van der Waals surface area contributed by atoms with Crippen LogP contribution in [0.4, 0.5) is 14.6 Å². The zero-order chi connectivity index (χ0) is 24.3. The maximum atomic E-state index is 14.7. The number of thioether (sulfide) groups is 1. The van der Waals surface area contributed by atoms with Crippen molar-refractivity contribution in [2.75, 3.05) is 12.3 Å². The highest BCUT2D eigenvalue weighted by atomic mass is 32.2. The van der Waals surface area contributed by atoms with Crippen molar-refractivity contribution in [1.82, 2.24) is 14.6 Å². The molecule has 2 heterocycles. The van der Waals surface area contributed by atoms with Gasteiger partial charge in [-0.25, -0.2) is 18.1 Å². The van der Waals surface area contributed by atoms with Crippen molar-refractivity contribution in [3.05, 3.63) is 52.8 Å². The number of anilines is 1. The summed E-state index contributed by atoms with van der Waals surface area (Å²) in [5.74, 6) is -2.06. The molecule has 2 unspecified atom stereocenters. The van der Waals surface area contributed by atoms with Gasteiger partial charge in [0.25, 0.3) is 0 Å². The van der Waals surface area contributed by atoms with Crippen LogP contribution in [0.25, 0.3) is 0 Å². The Kier molecular flexibility index (Phi) is 7.75. The number of rotatable bonds is 9. The molecule has 5 N–H and O–H groups in total. The van der Waals surface area contributed by atoms with Crippen LogP contribution in [-0.4, -0.2) is 55.9 Å². The largest absolute Gasteiger partial charge is 0.480 e. The lowest BCUT2D eigenvalue weighted by Crippen LogP contribution is -2.36. The molecule has 6 atom stereocenters. The van der Waals surface area contributed by atoms with Crippen molar-refractivity contribution in [2.45, 2.75) is 35.9 Å². The van der Waals surface area contributed by atoms with Crippen molar-refractivity contribution < 1.29 is 37.4 Å². The Morgan fingerprint density at radius 1 is 1.39 bits per heavy atom. The number of hydrogen-bond acceptors (Lipinski definition) is 9. The monoisotopic (exact) mass is 506 g/mol. The number of halogens is 2. The number of hydrogen-bond donors (Lipinski definition) is 4. The van der Waals surface area contributed by atoms with Crippen LogP contribution >= 0.6 is 19.5 Å². The molecule has 1 aliphatic rings. The van der Waals surface area contributed by atoms with E-state index in [1.54, 1.807) is 0 Å². The summed E-state index contributed by atoms with van der Waals surface area (Å²) in [5, 5.41) is 19.5. The van der Waals surface area contributed by atoms with E-state index in [9.17, 15) is 28.0 Å². The van der Waals surface area contributed by atoms with Gasteiger partial charge in [0.05, 0.1) is 11.9 Å². The lowest BCUT2D eigenvalue weighted by atomic mass is 10.1. The molecule has 0 aliphatic carbocycles.